The third kappa shape index (κ3) is 5.02. The molecule has 5 heterocycles. The lowest BCUT2D eigenvalue weighted by molar-refractivity contribution is -0.230. The number of nitrogens with zero attached hydrogens (tertiary/aromatic N) is 5. The molecule has 4 aromatic heterocycles. The van der Waals surface area contributed by atoms with Crippen molar-refractivity contribution >= 4 is 43.7 Å². The molecule has 5 aromatic rings. The van der Waals surface area contributed by atoms with Crippen molar-refractivity contribution in [3.8, 4) is 28.1 Å². The molecule has 6 rings (SSSR count). The molecule has 13 heteroatoms. The monoisotopic (exact) mass is 571 g/mol. The number of hydrogen-bond donors (Lipinski definition) is 0. The minimum atomic E-state index is -0.495. The molecule has 1 aliphatic rings. The van der Waals surface area contributed by atoms with Gasteiger partial charge in [0.25, 0.3) is 5.19 Å². The Morgan fingerprint density at radius 1 is 1.08 bits per heavy atom. The van der Waals surface area contributed by atoms with Crippen LogP contribution >= 0.6 is 22.7 Å². The molecular formula is C26H29N5O6S2. The largest absolute Gasteiger partial charge is 0.496 e. The predicted molar refractivity (Wildman–Crippen MR) is 148 cm³/mol. The molecule has 11 nitrogen and oxygen atoms in total. The van der Waals surface area contributed by atoms with Gasteiger partial charge in [-0.15, -0.1) is 16.4 Å². The van der Waals surface area contributed by atoms with E-state index in [2.05, 4.69) is 15.0 Å². The van der Waals surface area contributed by atoms with Crippen LogP contribution in [0.2, 0.25) is 0 Å². The molecule has 0 N–H and O–H groups in total. The van der Waals surface area contributed by atoms with Crippen LogP contribution in [-0.4, -0.2) is 66.4 Å². The van der Waals surface area contributed by atoms with Crippen LogP contribution in [0.4, 0.5) is 5.13 Å². The Hall–Kier alpha value is -3.39. The Morgan fingerprint density at radius 2 is 1.92 bits per heavy atom. The second-order valence-corrected chi connectivity index (χ2v) is 10.8. The normalized spacial score (nSPS) is 15.3. The number of rotatable bonds is 10. The van der Waals surface area contributed by atoms with Gasteiger partial charge in [0.05, 0.1) is 31.5 Å². The fourth-order valence-electron chi connectivity index (χ4n) is 4.70. The summed E-state index contributed by atoms with van der Waals surface area (Å²) in [4.78, 5) is 12.5. The molecule has 39 heavy (non-hydrogen) atoms. The van der Waals surface area contributed by atoms with E-state index in [9.17, 15) is 0 Å². The van der Waals surface area contributed by atoms with Gasteiger partial charge in [-0.25, -0.2) is 14.5 Å². The Kier molecular flexibility index (Phi) is 7.06. The van der Waals surface area contributed by atoms with Crippen LogP contribution < -0.4 is 19.1 Å². The number of fused-ring (bicyclic) bond motifs is 2. The molecule has 0 aliphatic carbocycles. The molecule has 0 saturated carbocycles. The van der Waals surface area contributed by atoms with E-state index < -0.39 is 5.79 Å². The first-order valence-corrected chi connectivity index (χ1v) is 14.3. The van der Waals surface area contributed by atoms with Crippen LogP contribution in [0.25, 0.3) is 27.4 Å². The first-order valence-electron chi connectivity index (χ1n) is 12.6. The fourth-order valence-corrected chi connectivity index (χ4v) is 6.26. The van der Waals surface area contributed by atoms with Crippen molar-refractivity contribution in [2.75, 3.05) is 45.9 Å². The maximum atomic E-state index is 6.25. The van der Waals surface area contributed by atoms with Gasteiger partial charge in [-0.2, -0.15) is 0 Å². The lowest BCUT2D eigenvalue weighted by Crippen LogP contribution is -2.47. The Labute approximate surface area is 232 Å². The smallest absolute Gasteiger partial charge is 0.294 e. The van der Waals surface area contributed by atoms with Crippen molar-refractivity contribution in [3.63, 3.8) is 0 Å². The van der Waals surface area contributed by atoms with Crippen molar-refractivity contribution in [2.24, 2.45) is 0 Å². The molecule has 0 spiro atoms. The summed E-state index contributed by atoms with van der Waals surface area (Å²) in [5, 5.41) is 8.72. The summed E-state index contributed by atoms with van der Waals surface area (Å²) in [6.07, 6.45) is 3.41. The molecule has 0 radical (unpaired) electrons. The minimum Gasteiger partial charge on any atom is -0.496 e. The van der Waals surface area contributed by atoms with Crippen LogP contribution in [0, 0.1) is 0 Å². The van der Waals surface area contributed by atoms with Gasteiger partial charge in [0, 0.05) is 57.2 Å². The molecule has 0 bridgehead atoms. The molecule has 1 aromatic carbocycles. The minimum absolute atomic E-state index is 0.317. The third-order valence-corrected chi connectivity index (χ3v) is 8.58. The van der Waals surface area contributed by atoms with Gasteiger partial charge in [-0.1, -0.05) is 0 Å². The average molecular weight is 572 g/mol. The number of thiazole rings is 1. The summed E-state index contributed by atoms with van der Waals surface area (Å²) in [6, 6.07) is 5.62. The Bertz CT molecular complexity index is 1550. The van der Waals surface area contributed by atoms with Crippen LogP contribution in [0.1, 0.15) is 25.5 Å². The highest BCUT2D eigenvalue weighted by Crippen LogP contribution is 2.38. The second-order valence-electron chi connectivity index (χ2n) is 9.02. The number of methoxy groups -OCH3 is 3. The summed E-state index contributed by atoms with van der Waals surface area (Å²) in [7, 11) is 4.92. The SMILES string of the molecule is CCOC1(OC)CCN(c2nc(COc3cc(OC)cc4oc(-c5cn6nc(OC)sc6n5)cc34)cs2)CC1. The van der Waals surface area contributed by atoms with E-state index in [1.807, 2.05) is 36.7 Å². The van der Waals surface area contributed by atoms with E-state index in [-0.39, 0.29) is 0 Å². The summed E-state index contributed by atoms with van der Waals surface area (Å²) in [6.45, 7) is 4.59. The van der Waals surface area contributed by atoms with E-state index in [1.54, 1.807) is 37.2 Å². The molecule has 0 atom stereocenters. The van der Waals surface area contributed by atoms with Crippen molar-refractivity contribution in [3.05, 3.63) is 35.5 Å². The number of hydrogen-bond acceptors (Lipinski definition) is 12. The summed E-state index contributed by atoms with van der Waals surface area (Å²) >= 11 is 2.98. The first kappa shape index (κ1) is 25.9. The molecule has 1 fully saturated rings. The number of anilines is 1. The summed E-state index contributed by atoms with van der Waals surface area (Å²) in [5.41, 5.74) is 2.17. The van der Waals surface area contributed by atoms with Gasteiger partial charge in [-0.3, -0.25) is 0 Å². The average Bonchev–Trinajstić information content (AvgIpc) is 3.74. The fraction of sp³-hybridized carbons (Fsp3) is 0.423. The topological polar surface area (TPSA) is 106 Å². The highest BCUT2D eigenvalue weighted by Gasteiger charge is 2.36. The molecule has 1 aliphatic heterocycles. The van der Waals surface area contributed by atoms with Crippen molar-refractivity contribution in [1.29, 1.82) is 0 Å². The summed E-state index contributed by atoms with van der Waals surface area (Å²) < 4.78 is 36.3. The zero-order chi connectivity index (χ0) is 27.0. The molecular weight excluding hydrogens is 542 g/mol. The van der Waals surface area contributed by atoms with Gasteiger partial charge in [0.1, 0.15) is 29.4 Å². The Morgan fingerprint density at radius 3 is 2.64 bits per heavy atom. The van der Waals surface area contributed by atoms with Crippen LogP contribution in [0.5, 0.6) is 16.7 Å². The number of imidazole rings is 1. The number of aromatic nitrogens is 4. The van der Waals surface area contributed by atoms with E-state index in [1.165, 1.54) is 11.3 Å². The van der Waals surface area contributed by atoms with Crippen LogP contribution in [-0.2, 0) is 16.1 Å². The number of benzene rings is 1. The molecule has 0 unspecified atom stereocenters. The zero-order valence-electron chi connectivity index (χ0n) is 22.1. The maximum Gasteiger partial charge on any atom is 0.294 e. The highest BCUT2D eigenvalue weighted by atomic mass is 32.1. The van der Waals surface area contributed by atoms with Crippen molar-refractivity contribution < 1.29 is 28.1 Å². The second kappa shape index (κ2) is 10.6. The van der Waals surface area contributed by atoms with Crippen LogP contribution in [0.3, 0.4) is 0 Å². The highest BCUT2D eigenvalue weighted by molar-refractivity contribution is 7.18. The van der Waals surface area contributed by atoms with E-state index in [0.717, 1.165) is 47.1 Å². The van der Waals surface area contributed by atoms with Crippen molar-refractivity contribution in [2.45, 2.75) is 32.2 Å². The van der Waals surface area contributed by atoms with Crippen LogP contribution in [0.15, 0.2) is 34.2 Å². The zero-order valence-corrected chi connectivity index (χ0v) is 23.8. The predicted octanol–water partition coefficient (Wildman–Crippen LogP) is 5.24. The van der Waals surface area contributed by atoms with E-state index in [0.29, 0.717) is 46.9 Å². The quantitative estimate of drug-likeness (QED) is 0.207. The number of ether oxygens (including phenoxy) is 5. The van der Waals surface area contributed by atoms with Gasteiger partial charge < -0.3 is 33.0 Å². The molecule has 206 valence electrons. The van der Waals surface area contributed by atoms with Gasteiger partial charge in [-0.05, 0) is 24.3 Å². The third-order valence-electron chi connectivity index (χ3n) is 6.75. The Balaban J connectivity index is 1.18. The standard InChI is InChI=1S/C26H29N5O6S2/c1-5-36-26(34-4)6-8-30(9-7-26)23-27-16(15-38-23)14-35-20-10-17(32-2)11-21-18(20)12-22(37-21)19-13-31-24(28-19)39-25(29-31)33-3/h10-13,15H,5-9,14H2,1-4H3. The van der Waals surface area contributed by atoms with Gasteiger partial charge >= 0.3 is 0 Å². The lowest BCUT2D eigenvalue weighted by Gasteiger charge is -2.40. The number of furan rings is 1. The van der Waals surface area contributed by atoms with E-state index >= 15 is 0 Å². The maximum absolute atomic E-state index is 6.25. The van der Waals surface area contributed by atoms with Gasteiger partial charge in [0.2, 0.25) is 4.96 Å². The van der Waals surface area contributed by atoms with E-state index in [4.69, 9.17) is 33.1 Å². The molecule has 0 amide bonds. The number of piperidine rings is 1. The van der Waals surface area contributed by atoms with Gasteiger partial charge in [0.15, 0.2) is 16.7 Å². The lowest BCUT2D eigenvalue weighted by atomic mass is 10.0. The van der Waals surface area contributed by atoms with Crippen molar-refractivity contribution in [1.82, 2.24) is 19.6 Å². The summed E-state index contributed by atoms with van der Waals surface area (Å²) in [5.74, 6) is 1.40. The molecule has 1 saturated heterocycles. The first-order chi connectivity index (χ1) is 19.0.